The first-order valence-corrected chi connectivity index (χ1v) is 12.7. The molecule has 1 aromatic carbocycles. The summed E-state index contributed by atoms with van der Waals surface area (Å²) in [6, 6.07) is 5.68. The largest absolute Gasteiger partial charge is 0.493 e. The van der Waals surface area contributed by atoms with Crippen molar-refractivity contribution >= 4 is 23.5 Å². The Hall–Kier alpha value is -2.32. The second-order valence-corrected chi connectivity index (χ2v) is 9.93. The number of hydrogen-bond acceptors (Lipinski definition) is 6. The number of rotatable bonds is 8. The van der Waals surface area contributed by atoms with Gasteiger partial charge in [0.15, 0.2) is 0 Å². The molecule has 2 unspecified atom stereocenters. The number of morpholine rings is 1. The van der Waals surface area contributed by atoms with Crippen LogP contribution >= 0.6 is 11.6 Å². The van der Waals surface area contributed by atoms with E-state index in [0.717, 1.165) is 81.5 Å². The normalized spacial score (nSPS) is 21.1. The monoisotopic (exact) mass is 489 g/mol. The topological polar surface area (TPSA) is 72.7 Å². The van der Waals surface area contributed by atoms with E-state index in [2.05, 4.69) is 26.6 Å². The molecule has 2 aliphatic rings. The summed E-state index contributed by atoms with van der Waals surface area (Å²) in [5, 5.41) is 9.91. The van der Waals surface area contributed by atoms with Crippen LogP contribution in [0.2, 0.25) is 5.02 Å². The van der Waals surface area contributed by atoms with E-state index in [9.17, 15) is 4.79 Å². The number of carbonyl (C=O) groups is 1. The number of hydrogen-bond donors (Lipinski definition) is 0. The standard InChI is InChI=1S/C25H36ClN5O3/c1-18-14-22(26)8-9-23(18)34-12-5-7-24-27-28-25(30-11-13-33-19(2)15-30)31(24)17-21-6-4-10-29(16-21)20(3)32/h8-9,14,19,21H,4-7,10-13,15-17H2,1-3H3. The molecule has 2 atom stereocenters. The van der Waals surface area contributed by atoms with E-state index in [0.29, 0.717) is 24.2 Å². The van der Waals surface area contributed by atoms with Gasteiger partial charge in [-0.25, -0.2) is 0 Å². The molecule has 186 valence electrons. The van der Waals surface area contributed by atoms with Crippen LogP contribution in [0.1, 0.15) is 44.5 Å². The Morgan fingerprint density at radius 3 is 2.88 bits per heavy atom. The van der Waals surface area contributed by atoms with Gasteiger partial charge in [0.2, 0.25) is 11.9 Å². The number of aryl methyl sites for hydroxylation is 2. The molecule has 2 aliphatic heterocycles. The zero-order valence-corrected chi connectivity index (χ0v) is 21.3. The van der Waals surface area contributed by atoms with E-state index < -0.39 is 0 Å². The molecule has 0 radical (unpaired) electrons. The lowest BCUT2D eigenvalue weighted by molar-refractivity contribution is -0.130. The summed E-state index contributed by atoms with van der Waals surface area (Å²) < 4.78 is 14.0. The zero-order chi connectivity index (χ0) is 24.1. The Kier molecular flexibility index (Phi) is 8.32. The lowest BCUT2D eigenvalue weighted by atomic mass is 9.97. The van der Waals surface area contributed by atoms with Crippen LogP contribution in [-0.2, 0) is 22.5 Å². The molecule has 3 heterocycles. The van der Waals surface area contributed by atoms with Crippen molar-refractivity contribution in [2.45, 2.75) is 59.1 Å². The summed E-state index contributed by atoms with van der Waals surface area (Å²) in [5.41, 5.74) is 1.03. The molecule has 34 heavy (non-hydrogen) atoms. The van der Waals surface area contributed by atoms with E-state index in [1.54, 1.807) is 6.92 Å². The van der Waals surface area contributed by atoms with Gasteiger partial charge < -0.3 is 19.3 Å². The van der Waals surface area contributed by atoms with Crippen LogP contribution in [0.25, 0.3) is 0 Å². The van der Waals surface area contributed by atoms with E-state index in [-0.39, 0.29) is 12.0 Å². The number of halogens is 1. The van der Waals surface area contributed by atoms with Crippen molar-refractivity contribution in [2.75, 3.05) is 44.3 Å². The molecule has 2 aromatic rings. The highest BCUT2D eigenvalue weighted by atomic mass is 35.5. The molecule has 8 nitrogen and oxygen atoms in total. The molecule has 2 fully saturated rings. The summed E-state index contributed by atoms with van der Waals surface area (Å²) >= 11 is 6.05. The summed E-state index contributed by atoms with van der Waals surface area (Å²) in [5.74, 6) is 3.31. The van der Waals surface area contributed by atoms with Crippen molar-refractivity contribution in [3.05, 3.63) is 34.6 Å². The van der Waals surface area contributed by atoms with E-state index >= 15 is 0 Å². The number of benzene rings is 1. The molecule has 9 heteroatoms. The Morgan fingerprint density at radius 1 is 1.26 bits per heavy atom. The van der Waals surface area contributed by atoms with Gasteiger partial charge >= 0.3 is 0 Å². The molecule has 0 spiro atoms. The maximum Gasteiger partial charge on any atom is 0.227 e. The van der Waals surface area contributed by atoms with Gasteiger partial charge in [-0.1, -0.05) is 11.6 Å². The van der Waals surface area contributed by atoms with Gasteiger partial charge in [0, 0.05) is 51.1 Å². The molecular formula is C25H36ClN5O3. The van der Waals surface area contributed by atoms with Crippen LogP contribution in [0.5, 0.6) is 5.75 Å². The van der Waals surface area contributed by atoms with Crippen LogP contribution in [0.4, 0.5) is 5.95 Å². The lowest BCUT2D eigenvalue weighted by Crippen LogP contribution is -2.43. The van der Waals surface area contributed by atoms with Crippen molar-refractivity contribution in [3.8, 4) is 5.75 Å². The van der Waals surface area contributed by atoms with Gasteiger partial charge in [0.05, 0.1) is 19.3 Å². The van der Waals surface area contributed by atoms with Crippen LogP contribution in [-0.4, -0.2) is 71.1 Å². The Balaban J connectivity index is 1.44. The minimum atomic E-state index is 0.158. The minimum absolute atomic E-state index is 0.158. The fraction of sp³-hybridized carbons (Fsp3) is 0.640. The van der Waals surface area contributed by atoms with E-state index in [4.69, 9.17) is 21.1 Å². The third-order valence-corrected chi connectivity index (χ3v) is 6.91. The predicted octanol–water partition coefficient (Wildman–Crippen LogP) is 3.74. The van der Waals surface area contributed by atoms with Crippen molar-refractivity contribution in [1.82, 2.24) is 19.7 Å². The number of ether oxygens (including phenoxy) is 2. The molecule has 0 saturated carbocycles. The molecule has 1 amide bonds. The number of anilines is 1. The van der Waals surface area contributed by atoms with E-state index in [1.165, 1.54) is 0 Å². The molecule has 2 saturated heterocycles. The minimum Gasteiger partial charge on any atom is -0.493 e. The molecular weight excluding hydrogens is 454 g/mol. The first-order valence-electron chi connectivity index (χ1n) is 12.3. The second-order valence-electron chi connectivity index (χ2n) is 9.49. The fourth-order valence-corrected chi connectivity index (χ4v) is 5.10. The van der Waals surface area contributed by atoms with Crippen molar-refractivity contribution in [3.63, 3.8) is 0 Å². The summed E-state index contributed by atoms with van der Waals surface area (Å²) in [7, 11) is 0. The average Bonchev–Trinajstić information content (AvgIpc) is 3.20. The number of likely N-dealkylation sites (tertiary alicyclic amines) is 1. The average molecular weight is 490 g/mol. The van der Waals surface area contributed by atoms with Gasteiger partial charge in [0.25, 0.3) is 0 Å². The Bertz CT molecular complexity index is 981. The Morgan fingerprint density at radius 2 is 2.12 bits per heavy atom. The molecule has 0 N–H and O–H groups in total. The van der Waals surface area contributed by atoms with Gasteiger partial charge in [-0.2, -0.15) is 0 Å². The van der Waals surface area contributed by atoms with Crippen molar-refractivity contribution in [1.29, 1.82) is 0 Å². The lowest BCUT2D eigenvalue weighted by Gasteiger charge is -2.35. The van der Waals surface area contributed by atoms with Crippen molar-refractivity contribution < 1.29 is 14.3 Å². The van der Waals surface area contributed by atoms with Crippen LogP contribution in [0, 0.1) is 12.8 Å². The number of amides is 1. The van der Waals surface area contributed by atoms with Gasteiger partial charge in [0.1, 0.15) is 11.6 Å². The number of nitrogens with zero attached hydrogens (tertiary/aromatic N) is 5. The second kappa shape index (κ2) is 11.4. The summed E-state index contributed by atoms with van der Waals surface area (Å²) in [6.07, 6.45) is 3.94. The molecule has 1 aromatic heterocycles. The third-order valence-electron chi connectivity index (χ3n) is 6.68. The highest BCUT2D eigenvalue weighted by molar-refractivity contribution is 6.30. The smallest absolute Gasteiger partial charge is 0.227 e. The van der Waals surface area contributed by atoms with Gasteiger partial charge in [-0.15, -0.1) is 10.2 Å². The number of piperidine rings is 1. The maximum atomic E-state index is 11.9. The van der Waals surface area contributed by atoms with E-state index in [1.807, 2.05) is 30.0 Å². The predicted molar refractivity (Wildman–Crippen MR) is 133 cm³/mol. The fourth-order valence-electron chi connectivity index (χ4n) is 4.88. The van der Waals surface area contributed by atoms with Gasteiger partial charge in [-0.3, -0.25) is 9.36 Å². The molecule has 0 aliphatic carbocycles. The third kappa shape index (κ3) is 6.21. The quantitative estimate of drug-likeness (QED) is 0.526. The Labute approximate surface area is 207 Å². The summed E-state index contributed by atoms with van der Waals surface area (Å²) in [6.45, 7) is 11.1. The van der Waals surface area contributed by atoms with Crippen LogP contribution in [0.3, 0.4) is 0 Å². The first kappa shape index (κ1) is 24.8. The summed E-state index contributed by atoms with van der Waals surface area (Å²) in [4.78, 5) is 16.2. The van der Waals surface area contributed by atoms with Crippen LogP contribution in [0.15, 0.2) is 18.2 Å². The highest BCUT2D eigenvalue weighted by Crippen LogP contribution is 2.25. The zero-order valence-electron chi connectivity index (χ0n) is 20.5. The molecule has 0 bridgehead atoms. The number of aromatic nitrogens is 3. The SMILES string of the molecule is CC(=O)N1CCCC(Cn2c(CCCOc3ccc(Cl)cc3C)nnc2N2CCOC(C)C2)C1. The first-order chi connectivity index (χ1) is 16.4. The van der Waals surface area contributed by atoms with Crippen LogP contribution < -0.4 is 9.64 Å². The highest BCUT2D eigenvalue weighted by Gasteiger charge is 2.27. The maximum absolute atomic E-state index is 11.9. The van der Waals surface area contributed by atoms with Gasteiger partial charge in [-0.05, 0) is 62.8 Å². The molecule has 4 rings (SSSR count). The van der Waals surface area contributed by atoms with Crippen molar-refractivity contribution in [2.24, 2.45) is 5.92 Å². The number of carbonyl (C=O) groups excluding carboxylic acids is 1.